The first-order valence-corrected chi connectivity index (χ1v) is 8.23. The second-order valence-corrected chi connectivity index (χ2v) is 6.51. The molecule has 0 spiro atoms. The Morgan fingerprint density at radius 1 is 1.22 bits per heavy atom. The van der Waals surface area contributed by atoms with Crippen molar-refractivity contribution >= 4 is 35.2 Å². The first-order chi connectivity index (χ1) is 12.6. The Hall–Kier alpha value is -2.38. The van der Waals surface area contributed by atoms with Crippen LogP contribution in [0.1, 0.15) is 5.56 Å². The lowest BCUT2D eigenvalue weighted by Crippen LogP contribution is -2.40. The summed E-state index contributed by atoms with van der Waals surface area (Å²) in [4.78, 5) is 11.3. The molecule has 1 heterocycles. The van der Waals surface area contributed by atoms with Gasteiger partial charge in [-0.3, -0.25) is 0 Å². The van der Waals surface area contributed by atoms with E-state index in [1.165, 1.54) is 31.4 Å². The number of hydrogen-bond donors (Lipinski definition) is 1. The predicted molar refractivity (Wildman–Crippen MR) is 94.5 cm³/mol. The number of hydrogen-bond acceptors (Lipinski definition) is 3. The summed E-state index contributed by atoms with van der Waals surface area (Å²) in [6, 6.07) is 7.38. The molecular formula is C18H11Cl2F3O4. The summed E-state index contributed by atoms with van der Waals surface area (Å²) in [6.07, 6.45) is -6.59. The third kappa shape index (κ3) is 3.70. The van der Waals surface area contributed by atoms with Crippen molar-refractivity contribution in [1.82, 2.24) is 0 Å². The number of carbonyl (C=O) groups is 1. The molecule has 0 radical (unpaired) electrons. The predicted octanol–water partition coefficient (Wildman–Crippen LogP) is 5.46. The molecular weight excluding hydrogens is 408 g/mol. The van der Waals surface area contributed by atoms with E-state index in [1.54, 1.807) is 6.07 Å². The highest BCUT2D eigenvalue weighted by molar-refractivity contribution is 6.32. The molecule has 1 atom stereocenters. The Morgan fingerprint density at radius 3 is 2.52 bits per heavy atom. The van der Waals surface area contributed by atoms with Crippen LogP contribution in [0, 0.1) is 0 Å². The van der Waals surface area contributed by atoms with E-state index < -0.39 is 23.8 Å². The summed E-state index contributed by atoms with van der Waals surface area (Å²) in [6.45, 7) is 0. The van der Waals surface area contributed by atoms with Crippen LogP contribution in [0.2, 0.25) is 10.0 Å². The molecule has 2 aromatic carbocycles. The van der Waals surface area contributed by atoms with Gasteiger partial charge < -0.3 is 14.6 Å². The maximum atomic E-state index is 13.3. The fourth-order valence-electron chi connectivity index (χ4n) is 2.74. The highest BCUT2D eigenvalue weighted by atomic mass is 35.5. The number of fused-ring (bicyclic) bond motifs is 1. The monoisotopic (exact) mass is 418 g/mol. The van der Waals surface area contributed by atoms with Gasteiger partial charge in [0.25, 0.3) is 0 Å². The Balaban J connectivity index is 2.23. The zero-order valence-electron chi connectivity index (χ0n) is 13.6. The maximum Gasteiger partial charge on any atom is 0.430 e. The summed E-state index contributed by atoms with van der Waals surface area (Å²) < 4.78 is 50.3. The lowest BCUT2D eigenvalue weighted by molar-refractivity contribution is -0.187. The number of aliphatic carboxylic acids is 1. The van der Waals surface area contributed by atoms with Crippen molar-refractivity contribution in [2.24, 2.45) is 0 Å². The minimum atomic E-state index is -4.91. The lowest BCUT2D eigenvalue weighted by atomic mass is 9.95. The second kappa shape index (κ2) is 6.98. The van der Waals surface area contributed by atoms with Gasteiger partial charge in [-0.1, -0.05) is 29.3 Å². The Bertz CT molecular complexity index is 954. The quantitative estimate of drug-likeness (QED) is 0.718. The molecule has 1 N–H and O–H groups in total. The third-order valence-electron chi connectivity index (χ3n) is 3.92. The molecule has 1 aliphatic heterocycles. The minimum absolute atomic E-state index is 0.129. The van der Waals surface area contributed by atoms with Gasteiger partial charge in [0.05, 0.1) is 17.7 Å². The molecule has 0 saturated heterocycles. The van der Waals surface area contributed by atoms with Crippen molar-refractivity contribution in [3.05, 3.63) is 51.5 Å². The van der Waals surface area contributed by atoms with E-state index in [0.29, 0.717) is 16.3 Å². The van der Waals surface area contributed by atoms with Crippen LogP contribution >= 0.6 is 23.2 Å². The van der Waals surface area contributed by atoms with Crippen molar-refractivity contribution in [3.63, 3.8) is 0 Å². The van der Waals surface area contributed by atoms with Crippen LogP contribution < -0.4 is 9.47 Å². The Morgan fingerprint density at radius 2 is 1.93 bits per heavy atom. The van der Waals surface area contributed by atoms with E-state index in [2.05, 4.69) is 0 Å². The zero-order chi connectivity index (χ0) is 19.9. The van der Waals surface area contributed by atoms with Gasteiger partial charge in [0.2, 0.25) is 6.10 Å². The molecule has 1 aliphatic rings. The SMILES string of the molecule is COc1cc(-c2cc(Cl)cc3c2OC(C(F)(F)F)C(C(=O)O)=C3)ccc1Cl. The van der Waals surface area contributed by atoms with E-state index in [4.69, 9.17) is 37.8 Å². The number of methoxy groups -OCH3 is 1. The lowest BCUT2D eigenvalue weighted by Gasteiger charge is -2.28. The Kier molecular flexibility index (Phi) is 5.01. The minimum Gasteiger partial charge on any atom is -0.495 e. The van der Waals surface area contributed by atoms with Crippen molar-refractivity contribution in [1.29, 1.82) is 0 Å². The first-order valence-electron chi connectivity index (χ1n) is 7.47. The van der Waals surface area contributed by atoms with E-state index in [0.717, 1.165) is 6.08 Å². The number of ether oxygens (including phenoxy) is 2. The summed E-state index contributed by atoms with van der Waals surface area (Å²) in [5.74, 6) is -1.54. The molecule has 0 amide bonds. The summed E-state index contributed by atoms with van der Waals surface area (Å²) in [5, 5.41) is 9.66. The Labute approximate surface area is 161 Å². The molecule has 27 heavy (non-hydrogen) atoms. The van der Waals surface area contributed by atoms with E-state index in [-0.39, 0.29) is 21.9 Å². The van der Waals surface area contributed by atoms with Crippen LogP contribution in [-0.4, -0.2) is 30.5 Å². The fourth-order valence-corrected chi connectivity index (χ4v) is 3.16. The van der Waals surface area contributed by atoms with E-state index in [1.807, 2.05) is 0 Å². The molecule has 0 saturated carbocycles. The summed E-state index contributed by atoms with van der Waals surface area (Å²) in [5.41, 5.74) is -0.0910. The number of benzene rings is 2. The average Bonchev–Trinajstić information content (AvgIpc) is 2.59. The van der Waals surface area contributed by atoms with Crippen molar-refractivity contribution < 1.29 is 32.5 Å². The molecule has 1 unspecified atom stereocenters. The van der Waals surface area contributed by atoms with Crippen LogP contribution in [0.3, 0.4) is 0 Å². The van der Waals surface area contributed by atoms with Crippen molar-refractivity contribution in [3.8, 4) is 22.6 Å². The van der Waals surface area contributed by atoms with Crippen LogP contribution in [0.5, 0.6) is 11.5 Å². The second-order valence-electron chi connectivity index (χ2n) is 5.67. The number of halogens is 5. The molecule has 0 aliphatic carbocycles. The van der Waals surface area contributed by atoms with Gasteiger partial charge in [-0.05, 0) is 35.9 Å². The van der Waals surface area contributed by atoms with Gasteiger partial charge in [0.1, 0.15) is 11.5 Å². The van der Waals surface area contributed by atoms with Crippen LogP contribution in [0.4, 0.5) is 13.2 Å². The van der Waals surface area contributed by atoms with Gasteiger partial charge in [0, 0.05) is 16.1 Å². The van der Waals surface area contributed by atoms with Crippen LogP contribution in [0.15, 0.2) is 35.9 Å². The number of carboxylic acid groups (broad SMARTS) is 1. The number of carboxylic acids is 1. The van der Waals surface area contributed by atoms with E-state index >= 15 is 0 Å². The molecule has 9 heteroatoms. The molecule has 4 nitrogen and oxygen atoms in total. The van der Waals surface area contributed by atoms with Gasteiger partial charge in [-0.25, -0.2) is 4.79 Å². The van der Waals surface area contributed by atoms with Gasteiger partial charge in [-0.2, -0.15) is 13.2 Å². The first kappa shape index (κ1) is 19.4. The van der Waals surface area contributed by atoms with Gasteiger partial charge in [0.15, 0.2) is 0 Å². The number of rotatable bonds is 3. The topological polar surface area (TPSA) is 55.8 Å². The normalized spacial score (nSPS) is 16.2. The molecule has 0 aromatic heterocycles. The maximum absolute atomic E-state index is 13.3. The van der Waals surface area contributed by atoms with Crippen LogP contribution in [-0.2, 0) is 4.79 Å². The molecule has 0 bridgehead atoms. The highest BCUT2D eigenvalue weighted by Gasteiger charge is 2.48. The fraction of sp³-hybridized carbons (Fsp3) is 0.167. The highest BCUT2D eigenvalue weighted by Crippen LogP contribution is 2.45. The third-order valence-corrected chi connectivity index (χ3v) is 4.45. The zero-order valence-corrected chi connectivity index (χ0v) is 15.1. The molecule has 2 aromatic rings. The van der Waals surface area contributed by atoms with Crippen molar-refractivity contribution in [2.45, 2.75) is 12.3 Å². The van der Waals surface area contributed by atoms with Gasteiger partial charge in [-0.15, -0.1) is 0 Å². The standard InChI is InChI=1S/C18H11Cl2F3O4/c1-26-14-6-8(2-3-13(14)20)11-7-10(19)4-9-5-12(17(24)25)16(18(21,22)23)27-15(9)11/h2-7,16H,1H3,(H,24,25). The smallest absolute Gasteiger partial charge is 0.430 e. The molecule has 3 rings (SSSR count). The average molecular weight is 419 g/mol. The summed E-state index contributed by atoms with van der Waals surface area (Å²) in [7, 11) is 1.40. The molecule has 0 fully saturated rings. The van der Waals surface area contributed by atoms with Crippen molar-refractivity contribution in [2.75, 3.05) is 7.11 Å². The largest absolute Gasteiger partial charge is 0.495 e. The summed E-state index contributed by atoms with van der Waals surface area (Å²) >= 11 is 12.1. The number of alkyl halides is 3. The van der Waals surface area contributed by atoms with Gasteiger partial charge >= 0.3 is 12.1 Å². The molecule has 142 valence electrons. The van der Waals surface area contributed by atoms with E-state index in [9.17, 15) is 18.0 Å². The van der Waals surface area contributed by atoms with Crippen LogP contribution in [0.25, 0.3) is 17.2 Å².